The van der Waals surface area contributed by atoms with Gasteiger partial charge in [-0.2, -0.15) is 0 Å². The maximum Gasteiger partial charge on any atom is 0.0716 e. The van der Waals surface area contributed by atoms with Crippen molar-refractivity contribution in [1.29, 1.82) is 0 Å². The van der Waals surface area contributed by atoms with Crippen LogP contribution in [0.25, 0.3) is 0 Å². The second-order valence-corrected chi connectivity index (χ2v) is 12.1. The average molecular weight is 598 g/mol. The van der Waals surface area contributed by atoms with E-state index in [4.69, 9.17) is 14.2 Å². The van der Waals surface area contributed by atoms with E-state index < -0.39 is 0 Å². The van der Waals surface area contributed by atoms with Crippen LogP contribution in [0.4, 0.5) is 0 Å². The molecule has 1 aliphatic rings. The van der Waals surface area contributed by atoms with Gasteiger partial charge in [0.15, 0.2) is 0 Å². The molecular weight excluding hydrogens is 556 g/mol. The first kappa shape index (κ1) is 29.5. The zero-order chi connectivity index (χ0) is 24.9. The molecule has 0 spiro atoms. The molecule has 2 aromatic rings. The second-order valence-electron chi connectivity index (χ2n) is 10.2. The molecule has 2 aromatic carbocycles. The Kier molecular flexibility index (Phi) is 13.4. The van der Waals surface area contributed by atoms with Gasteiger partial charge in [-0.15, -0.1) is 0 Å². The standard InChI is InChI=1S/C19H29BrO3.C10H13Br/c1-2-19(15-23-16-19)14-22-12-6-4-3-5-11-21-13-17-7-9-18(20)10-8-17;1-10(2,3)8-4-6-9(11)7-5-8/h7-10H,2-6,11-16H2,1H3;4-7H,1-3H3. The van der Waals surface area contributed by atoms with Gasteiger partial charge in [0.25, 0.3) is 0 Å². The smallest absolute Gasteiger partial charge is 0.0716 e. The normalized spacial score (nSPS) is 14.8. The van der Waals surface area contributed by atoms with E-state index >= 15 is 0 Å². The van der Waals surface area contributed by atoms with Crippen molar-refractivity contribution in [3.05, 3.63) is 68.6 Å². The highest BCUT2D eigenvalue weighted by molar-refractivity contribution is 9.10. The lowest BCUT2D eigenvalue weighted by molar-refractivity contribution is -0.150. The van der Waals surface area contributed by atoms with Crippen LogP contribution in [0.5, 0.6) is 0 Å². The van der Waals surface area contributed by atoms with Crippen LogP contribution in [0, 0.1) is 5.41 Å². The third-order valence-electron chi connectivity index (χ3n) is 6.19. The topological polar surface area (TPSA) is 27.7 Å². The van der Waals surface area contributed by atoms with Gasteiger partial charge in [-0.3, -0.25) is 0 Å². The molecule has 1 saturated heterocycles. The van der Waals surface area contributed by atoms with E-state index in [2.05, 4.69) is 108 Å². The Morgan fingerprint density at radius 1 is 0.794 bits per heavy atom. The van der Waals surface area contributed by atoms with Gasteiger partial charge in [0.2, 0.25) is 0 Å². The molecule has 0 bridgehead atoms. The third-order valence-corrected chi connectivity index (χ3v) is 7.25. The molecule has 1 fully saturated rings. The SMILES string of the molecule is CC(C)(C)c1ccc(Br)cc1.CCC1(COCCCCCCOCc2ccc(Br)cc2)COC1. The van der Waals surface area contributed by atoms with Gasteiger partial charge in [0, 0.05) is 27.6 Å². The van der Waals surface area contributed by atoms with Crippen molar-refractivity contribution in [2.24, 2.45) is 5.41 Å². The molecule has 3 rings (SSSR count). The summed E-state index contributed by atoms with van der Waals surface area (Å²) in [5, 5.41) is 0. The van der Waals surface area contributed by atoms with Gasteiger partial charge in [-0.25, -0.2) is 0 Å². The van der Waals surface area contributed by atoms with Crippen molar-refractivity contribution in [2.75, 3.05) is 33.0 Å². The monoisotopic (exact) mass is 596 g/mol. The zero-order valence-electron chi connectivity index (χ0n) is 21.4. The first-order valence-corrected chi connectivity index (χ1v) is 14.1. The highest BCUT2D eigenvalue weighted by atomic mass is 79.9. The van der Waals surface area contributed by atoms with E-state index in [1.807, 2.05) is 0 Å². The molecule has 0 aromatic heterocycles. The molecule has 3 nitrogen and oxygen atoms in total. The van der Waals surface area contributed by atoms with E-state index in [9.17, 15) is 0 Å². The molecule has 0 saturated carbocycles. The van der Waals surface area contributed by atoms with Gasteiger partial charge in [-0.1, -0.05) is 96.7 Å². The number of rotatable bonds is 12. The summed E-state index contributed by atoms with van der Waals surface area (Å²) in [6.45, 7) is 13.9. The molecule has 0 N–H and O–H groups in total. The summed E-state index contributed by atoms with van der Waals surface area (Å²) in [5.74, 6) is 0. The van der Waals surface area contributed by atoms with Crippen LogP contribution in [0.3, 0.4) is 0 Å². The van der Waals surface area contributed by atoms with E-state index in [-0.39, 0.29) is 5.41 Å². The second kappa shape index (κ2) is 15.4. The van der Waals surface area contributed by atoms with Gasteiger partial charge >= 0.3 is 0 Å². The summed E-state index contributed by atoms with van der Waals surface area (Å²) in [5.41, 5.74) is 3.19. The number of hydrogen-bond donors (Lipinski definition) is 0. The van der Waals surface area contributed by atoms with Crippen molar-refractivity contribution < 1.29 is 14.2 Å². The van der Waals surface area contributed by atoms with E-state index in [1.54, 1.807) is 0 Å². The Labute approximate surface area is 224 Å². The summed E-state index contributed by atoms with van der Waals surface area (Å²) in [6.07, 6.45) is 5.86. The maximum absolute atomic E-state index is 5.81. The largest absolute Gasteiger partial charge is 0.381 e. The van der Waals surface area contributed by atoms with Gasteiger partial charge < -0.3 is 14.2 Å². The molecule has 0 amide bonds. The Morgan fingerprint density at radius 2 is 1.32 bits per heavy atom. The van der Waals surface area contributed by atoms with Crippen molar-refractivity contribution in [2.45, 2.75) is 71.8 Å². The predicted molar refractivity (Wildman–Crippen MR) is 149 cm³/mol. The van der Waals surface area contributed by atoms with Gasteiger partial charge in [-0.05, 0) is 60.1 Å². The number of unbranched alkanes of at least 4 members (excludes halogenated alkanes) is 3. The molecule has 0 radical (unpaired) electrons. The minimum absolute atomic E-state index is 0.265. The molecule has 1 aliphatic heterocycles. The van der Waals surface area contributed by atoms with Crippen molar-refractivity contribution in [1.82, 2.24) is 0 Å². The summed E-state index contributed by atoms with van der Waals surface area (Å²) < 4.78 is 19.1. The van der Waals surface area contributed by atoms with E-state index in [1.165, 1.54) is 24.0 Å². The van der Waals surface area contributed by atoms with Crippen LogP contribution >= 0.6 is 31.9 Å². The van der Waals surface area contributed by atoms with Crippen molar-refractivity contribution in [3.8, 4) is 0 Å². The molecule has 0 aliphatic carbocycles. The molecule has 34 heavy (non-hydrogen) atoms. The van der Waals surface area contributed by atoms with E-state index in [0.717, 1.165) is 61.2 Å². The summed E-state index contributed by atoms with van der Waals surface area (Å²) in [6, 6.07) is 16.8. The molecule has 5 heteroatoms. The Morgan fingerprint density at radius 3 is 1.79 bits per heavy atom. The number of hydrogen-bond acceptors (Lipinski definition) is 3. The van der Waals surface area contributed by atoms with Crippen LogP contribution in [0.15, 0.2) is 57.5 Å². The Balaban J connectivity index is 0.000000310. The highest BCUT2D eigenvalue weighted by Crippen LogP contribution is 2.31. The van der Waals surface area contributed by atoms with Crippen LogP contribution in [-0.2, 0) is 26.2 Å². The van der Waals surface area contributed by atoms with E-state index in [0.29, 0.717) is 12.0 Å². The van der Waals surface area contributed by atoms with Crippen LogP contribution in [0.2, 0.25) is 0 Å². The van der Waals surface area contributed by atoms with Crippen LogP contribution < -0.4 is 0 Å². The fourth-order valence-corrected chi connectivity index (χ4v) is 4.08. The number of ether oxygens (including phenoxy) is 3. The zero-order valence-corrected chi connectivity index (χ0v) is 24.5. The number of benzene rings is 2. The highest BCUT2D eigenvalue weighted by Gasteiger charge is 2.36. The fourth-order valence-electron chi connectivity index (χ4n) is 3.55. The lowest BCUT2D eigenvalue weighted by Gasteiger charge is -2.40. The number of halogens is 2. The Bertz CT molecular complexity index is 788. The third kappa shape index (κ3) is 11.3. The Hall–Kier alpha value is -0.720. The quantitative estimate of drug-likeness (QED) is 0.229. The molecular formula is C29H42Br2O3. The summed E-state index contributed by atoms with van der Waals surface area (Å²) in [4.78, 5) is 0. The van der Waals surface area contributed by atoms with Crippen molar-refractivity contribution in [3.63, 3.8) is 0 Å². The molecule has 0 unspecified atom stereocenters. The fraction of sp³-hybridized carbons (Fsp3) is 0.586. The van der Waals surface area contributed by atoms with Crippen LogP contribution in [0.1, 0.15) is 70.9 Å². The molecule has 0 atom stereocenters. The van der Waals surface area contributed by atoms with Gasteiger partial charge in [0.1, 0.15) is 0 Å². The maximum atomic E-state index is 5.81. The van der Waals surface area contributed by atoms with Crippen LogP contribution in [-0.4, -0.2) is 33.0 Å². The predicted octanol–water partition coefficient (Wildman–Crippen LogP) is 8.72. The molecule has 1 heterocycles. The lowest BCUT2D eigenvalue weighted by Crippen LogP contribution is -2.45. The lowest BCUT2D eigenvalue weighted by atomic mass is 9.84. The van der Waals surface area contributed by atoms with Crippen molar-refractivity contribution >= 4 is 31.9 Å². The first-order valence-electron chi connectivity index (χ1n) is 12.5. The summed E-state index contributed by atoms with van der Waals surface area (Å²) in [7, 11) is 0. The van der Waals surface area contributed by atoms with Gasteiger partial charge in [0.05, 0.1) is 26.4 Å². The minimum atomic E-state index is 0.265. The first-order chi connectivity index (χ1) is 16.2. The summed E-state index contributed by atoms with van der Waals surface area (Å²) >= 11 is 6.85. The minimum Gasteiger partial charge on any atom is -0.381 e. The average Bonchev–Trinajstić information content (AvgIpc) is 2.78. The molecule has 190 valence electrons.